The van der Waals surface area contributed by atoms with Gasteiger partial charge in [0.25, 0.3) is 0 Å². The van der Waals surface area contributed by atoms with Gasteiger partial charge < -0.3 is 13.8 Å². The van der Waals surface area contributed by atoms with E-state index >= 15 is 0 Å². The normalized spacial score (nSPS) is 13.3. The second-order valence-electron chi connectivity index (χ2n) is 4.24. The number of hydrogen-bond acceptors (Lipinski definition) is 5. The summed E-state index contributed by atoms with van der Waals surface area (Å²) in [6, 6.07) is 0. The maximum atomic E-state index is 12.8. The van der Waals surface area contributed by atoms with Crippen molar-refractivity contribution < 1.29 is 23.1 Å². The summed E-state index contributed by atoms with van der Waals surface area (Å²) in [5.74, 6) is -0.518. The van der Waals surface area contributed by atoms with Crippen LogP contribution in [0.5, 0.6) is 0 Å². The summed E-state index contributed by atoms with van der Waals surface area (Å²) >= 11 is 0. The van der Waals surface area contributed by atoms with Crippen LogP contribution in [-0.2, 0) is 23.1 Å². The number of carbonyl (C=O) groups is 1. The molecule has 0 saturated heterocycles. The molecule has 0 rings (SSSR count). The van der Waals surface area contributed by atoms with Gasteiger partial charge in [0.05, 0.1) is 19.8 Å². The standard InChI is InChI=1S/C15H27O5P/c1-5-9-10-11-12-13-14(15(16)18-6-2)21(17,19-7-3)20-8-4/h5,9-10,14H,1,6-8,11-13H2,2-4H3/b10-9+. The fourth-order valence-corrected chi connectivity index (χ4v) is 3.83. The molecule has 0 heterocycles. The molecule has 0 aromatic rings. The highest BCUT2D eigenvalue weighted by molar-refractivity contribution is 7.55. The zero-order valence-corrected chi connectivity index (χ0v) is 14.1. The lowest BCUT2D eigenvalue weighted by atomic mass is 10.2. The molecule has 1 unspecified atom stereocenters. The van der Waals surface area contributed by atoms with E-state index in [0.717, 1.165) is 6.42 Å². The van der Waals surface area contributed by atoms with Gasteiger partial charge in [-0.3, -0.25) is 9.36 Å². The molecular weight excluding hydrogens is 291 g/mol. The Morgan fingerprint density at radius 1 is 1.19 bits per heavy atom. The zero-order valence-electron chi connectivity index (χ0n) is 13.2. The van der Waals surface area contributed by atoms with Crippen molar-refractivity contribution in [2.24, 2.45) is 0 Å². The third-order valence-corrected chi connectivity index (χ3v) is 5.15. The van der Waals surface area contributed by atoms with E-state index in [-0.39, 0.29) is 19.8 Å². The Labute approximate surface area is 127 Å². The average Bonchev–Trinajstić information content (AvgIpc) is 2.43. The number of allylic oxidation sites excluding steroid dienone is 3. The van der Waals surface area contributed by atoms with Gasteiger partial charge in [0, 0.05) is 0 Å². The van der Waals surface area contributed by atoms with Crippen molar-refractivity contribution in [3.63, 3.8) is 0 Å². The predicted molar refractivity (Wildman–Crippen MR) is 84.5 cm³/mol. The molecule has 1 atom stereocenters. The summed E-state index contributed by atoms with van der Waals surface area (Å²) in [4.78, 5) is 12.1. The molecule has 122 valence electrons. The minimum absolute atomic E-state index is 0.226. The van der Waals surface area contributed by atoms with Gasteiger partial charge in [-0.15, -0.1) is 0 Å². The van der Waals surface area contributed by atoms with Crippen molar-refractivity contribution >= 4 is 13.6 Å². The SMILES string of the molecule is C=C/C=C/CCCC(C(=O)OCC)P(=O)(OCC)OCC. The lowest BCUT2D eigenvalue weighted by Crippen LogP contribution is -2.26. The molecular formula is C15H27O5P. The van der Waals surface area contributed by atoms with E-state index in [9.17, 15) is 9.36 Å². The van der Waals surface area contributed by atoms with Crippen LogP contribution in [0.3, 0.4) is 0 Å². The Morgan fingerprint density at radius 3 is 2.29 bits per heavy atom. The maximum absolute atomic E-state index is 12.8. The Kier molecular flexibility index (Phi) is 11.2. The quantitative estimate of drug-likeness (QED) is 0.235. The highest BCUT2D eigenvalue weighted by Crippen LogP contribution is 2.55. The molecule has 5 nitrogen and oxygen atoms in total. The van der Waals surface area contributed by atoms with E-state index in [1.807, 2.05) is 12.2 Å². The van der Waals surface area contributed by atoms with Crippen LogP contribution in [0.15, 0.2) is 24.8 Å². The third-order valence-electron chi connectivity index (χ3n) is 2.68. The maximum Gasteiger partial charge on any atom is 0.344 e. The first-order valence-corrected chi connectivity index (χ1v) is 8.99. The molecule has 6 heteroatoms. The van der Waals surface area contributed by atoms with Crippen molar-refractivity contribution in [1.29, 1.82) is 0 Å². The first kappa shape index (κ1) is 20.1. The fraction of sp³-hybridized carbons (Fsp3) is 0.667. The van der Waals surface area contributed by atoms with Crippen LogP contribution in [-0.4, -0.2) is 31.4 Å². The Bertz CT molecular complexity index is 368. The van der Waals surface area contributed by atoms with Crippen LogP contribution in [0.2, 0.25) is 0 Å². The van der Waals surface area contributed by atoms with Crippen molar-refractivity contribution in [2.75, 3.05) is 19.8 Å². The largest absolute Gasteiger partial charge is 0.465 e. The molecule has 21 heavy (non-hydrogen) atoms. The fourth-order valence-electron chi connectivity index (χ4n) is 1.84. The molecule has 0 fully saturated rings. The van der Waals surface area contributed by atoms with Crippen LogP contribution in [0.1, 0.15) is 40.0 Å². The van der Waals surface area contributed by atoms with Crippen LogP contribution in [0.25, 0.3) is 0 Å². The van der Waals surface area contributed by atoms with Gasteiger partial charge >= 0.3 is 13.6 Å². The van der Waals surface area contributed by atoms with Gasteiger partial charge in [0.1, 0.15) is 0 Å². The summed E-state index contributed by atoms with van der Waals surface area (Å²) in [7, 11) is -3.49. The predicted octanol–water partition coefficient (Wildman–Crippen LogP) is 4.10. The van der Waals surface area contributed by atoms with Crippen molar-refractivity contribution in [2.45, 2.75) is 45.7 Å². The monoisotopic (exact) mass is 318 g/mol. The number of hydrogen-bond donors (Lipinski definition) is 0. The van der Waals surface area contributed by atoms with E-state index < -0.39 is 19.2 Å². The number of rotatable bonds is 12. The Hall–Kier alpha value is -0.900. The number of unbranched alkanes of at least 4 members (excludes halogenated alkanes) is 1. The van der Waals surface area contributed by atoms with E-state index in [2.05, 4.69) is 6.58 Å². The lowest BCUT2D eigenvalue weighted by Gasteiger charge is -2.24. The average molecular weight is 318 g/mol. The van der Waals surface area contributed by atoms with E-state index in [1.165, 1.54) is 0 Å². The summed E-state index contributed by atoms with van der Waals surface area (Å²) in [5.41, 5.74) is -0.866. The third kappa shape index (κ3) is 7.60. The minimum atomic E-state index is -3.49. The molecule has 0 N–H and O–H groups in total. The summed E-state index contributed by atoms with van der Waals surface area (Å²) in [6.45, 7) is 9.44. The smallest absolute Gasteiger partial charge is 0.344 e. The van der Waals surface area contributed by atoms with Gasteiger partial charge in [-0.25, -0.2) is 0 Å². The molecule has 0 spiro atoms. The van der Waals surface area contributed by atoms with Crippen molar-refractivity contribution in [3.05, 3.63) is 24.8 Å². The van der Waals surface area contributed by atoms with Crippen LogP contribution in [0, 0.1) is 0 Å². The van der Waals surface area contributed by atoms with Gasteiger partial charge in [0.15, 0.2) is 5.66 Å². The number of ether oxygens (including phenoxy) is 1. The van der Waals surface area contributed by atoms with Crippen molar-refractivity contribution in [1.82, 2.24) is 0 Å². The van der Waals surface area contributed by atoms with Gasteiger partial charge in [-0.05, 0) is 40.0 Å². The molecule has 0 bridgehead atoms. The Balaban J connectivity index is 4.91. The van der Waals surface area contributed by atoms with Gasteiger partial charge in [0.2, 0.25) is 0 Å². The molecule has 0 aliphatic carbocycles. The van der Waals surface area contributed by atoms with Crippen LogP contribution < -0.4 is 0 Å². The lowest BCUT2D eigenvalue weighted by molar-refractivity contribution is -0.143. The molecule has 0 saturated carbocycles. The molecule has 0 aliphatic rings. The second kappa shape index (κ2) is 11.7. The molecule has 0 radical (unpaired) electrons. The van der Waals surface area contributed by atoms with Crippen LogP contribution in [0.4, 0.5) is 0 Å². The Morgan fingerprint density at radius 2 is 1.81 bits per heavy atom. The first-order valence-electron chi connectivity index (χ1n) is 7.38. The molecule has 0 aromatic heterocycles. The first-order chi connectivity index (χ1) is 10.1. The van der Waals surface area contributed by atoms with Crippen molar-refractivity contribution in [3.8, 4) is 0 Å². The van der Waals surface area contributed by atoms with Gasteiger partial charge in [-0.1, -0.05) is 24.8 Å². The van der Waals surface area contributed by atoms with E-state index in [1.54, 1.807) is 26.8 Å². The zero-order chi connectivity index (χ0) is 16.1. The molecule has 0 aliphatic heterocycles. The summed E-state index contributed by atoms with van der Waals surface area (Å²) in [5, 5.41) is 0. The topological polar surface area (TPSA) is 61.8 Å². The highest BCUT2D eigenvalue weighted by atomic mass is 31.2. The summed E-state index contributed by atoms with van der Waals surface area (Å²) < 4.78 is 28.3. The second-order valence-corrected chi connectivity index (χ2v) is 6.46. The van der Waals surface area contributed by atoms with E-state index in [0.29, 0.717) is 12.8 Å². The highest BCUT2D eigenvalue weighted by Gasteiger charge is 2.41. The van der Waals surface area contributed by atoms with Gasteiger partial charge in [-0.2, -0.15) is 0 Å². The number of esters is 1. The number of carbonyl (C=O) groups excluding carboxylic acids is 1. The molecule has 0 aromatic carbocycles. The molecule has 0 amide bonds. The summed E-state index contributed by atoms with van der Waals surface area (Å²) in [6.07, 6.45) is 7.33. The van der Waals surface area contributed by atoms with E-state index in [4.69, 9.17) is 13.8 Å². The van der Waals surface area contributed by atoms with Crippen LogP contribution >= 0.6 is 7.60 Å². The minimum Gasteiger partial charge on any atom is -0.465 e.